The van der Waals surface area contributed by atoms with Gasteiger partial charge in [0.2, 0.25) is 0 Å². The van der Waals surface area contributed by atoms with Gasteiger partial charge in [0.05, 0.1) is 16.1 Å². The van der Waals surface area contributed by atoms with E-state index in [1.807, 2.05) is 12.1 Å². The average molecular weight is 301 g/mol. The van der Waals surface area contributed by atoms with E-state index in [1.54, 1.807) is 17.4 Å². The van der Waals surface area contributed by atoms with Gasteiger partial charge in [0.1, 0.15) is 0 Å². The zero-order chi connectivity index (χ0) is 13.1. The normalized spacial score (nSPS) is 12.7. The molecule has 0 aliphatic carbocycles. The Hall–Kier alpha value is -0.580. The van der Waals surface area contributed by atoms with Crippen molar-refractivity contribution in [1.82, 2.24) is 5.43 Å². The Labute approximate surface area is 121 Å². The topological polar surface area (TPSA) is 38.0 Å². The SMILES string of the molecule is CCc1ccsc1C(NN)c1ccc(Cl)c(Cl)c1. The maximum absolute atomic E-state index is 6.05. The number of nitrogens with two attached hydrogens (primary N) is 1. The lowest BCUT2D eigenvalue weighted by molar-refractivity contribution is 0.642. The van der Waals surface area contributed by atoms with Crippen LogP contribution in [-0.2, 0) is 6.42 Å². The van der Waals surface area contributed by atoms with Gasteiger partial charge in [-0.25, -0.2) is 5.43 Å². The molecule has 0 saturated heterocycles. The van der Waals surface area contributed by atoms with Crippen molar-refractivity contribution in [3.05, 3.63) is 55.7 Å². The highest BCUT2D eigenvalue weighted by Gasteiger charge is 2.17. The number of hydrogen-bond donors (Lipinski definition) is 2. The summed E-state index contributed by atoms with van der Waals surface area (Å²) < 4.78 is 0. The van der Waals surface area contributed by atoms with Crippen LogP contribution in [0.4, 0.5) is 0 Å². The molecular weight excluding hydrogens is 287 g/mol. The van der Waals surface area contributed by atoms with E-state index < -0.39 is 0 Å². The molecular formula is C13H14Cl2N2S. The lowest BCUT2D eigenvalue weighted by Gasteiger charge is -2.17. The Morgan fingerprint density at radius 1 is 1.28 bits per heavy atom. The molecule has 3 N–H and O–H groups in total. The molecule has 1 aromatic heterocycles. The summed E-state index contributed by atoms with van der Waals surface area (Å²) in [7, 11) is 0. The van der Waals surface area contributed by atoms with Crippen molar-refractivity contribution >= 4 is 34.5 Å². The molecule has 0 aliphatic rings. The first-order valence-electron chi connectivity index (χ1n) is 5.64. The zero-order valence-corrected chi connectivity index (χ0v) is 12.2. The number of thiophene rings is 1. The van der Waals surface area contributed by atoms with E-state index >= 15 is 0 Å². The van der Waals surface area contributed by atoms with E-state index in [9.17, 15) is 0 Å². The fourth-order valence-electron chi connectivity index (χ4n) is 1.91. The van der Waals surface area contributed by atoms with Crippen LogP contribution in [-0.4, -0.2) is 0 Å². The van der Waals surface area contributed by atoms with Gasteiger partial charge in [-0.05, 0) is 41.1 Å². The predicted molar refractivity (Wildman–Crippen MR) is 79.3 cm³/mol. The van der Waals surface area contributed by atoms with Gasteiger partial charge < -0.3 is 0 Å². The minimum absolute atomic E-state index is 0.0466. The van der Waals surface area contributed by atoms with E-state index in [0.717, 1.165) is 12.0 Å². The van der Waals surface area contributed by atoms with Gasteiger partial charge in [-0.1, -0.05) is 36.2 Å². The molecule has 2 aromatic rings. The van der Waals surface area contributed by atoms with Crippen LogP contribution < -0.4 is 11.3 Å². The van der Waals surface area contributed by atoms with Gasteiger partial charge >= 0.3 is 0 Å². The Morgan fingerprint density at radius 2 is 2.06 bits per heavy atom. The highest BCUT2D eigenvalue weighted by atomic mass is 35.5. The Kier molecular flexibility index (Phi) is 4.65. The van der Waals surface area contributed by atoms with Crippen LogP contribution in [0.5, 0.6) is 0 Å². The molecule has 0 radical (unpaired) electrons. The largest absolute Gasteiger partial charge is 0.271 e. The van der Waals surface area contributed by atoms with Crippen LogP contribution in [0, 0.1) is 0 Å². The molecule has 0 spiro atoms. The minimum Gasteiger partial charge on any atom is -0.271 e. The number of hydrogen-bond acceptors (Lipinski definition) is 3. The van der Waals surface area contributed by atoms with Gasteiger partial charge in [-0.3, -0.25) is 5.84 Å². The molecule has 2 rings (SSSR count). The van der Waals surface area contributed by atoms with Crippen molar-refractivity contribution in [3.8, 4) is 0 Å². The third-order valence-electron chi connectivity index (χ3n) is 2.87. The third-order valence-corrected chi connectivity index (χ3v) is 4.63. The number of benzene rings is 1. The maximum atomic E-state index is 6.05. The molecule has 1 atom stereocenters. The van der Waals surface area contributed by atoms with Crippen molar-refractivity contribution in [2.45, 2.75) is 19.4 Å². The Balaban J connectivity index is 2.42. The van der Waals surface area contributed by atoms with E-state index in [0.29, 0.717) is 10.0 Å². The van der Waals surface area contributed by atoms with Gasteiger partial charge in [-0.15, -0.1) is 11.3 Å². The summed E-state index contributed by atoms with van der Waals surface area (Å²) in [5.74, 6) is 5.69. The molecule has 0 saturated carbocycles. The quantitative estimate of drug-likeness (QED) is 0.657. The summed E-state index contributed by atoms with van der Waals surface area (Å²) in [4.78, 5) is 1.22. The lowest BCUT2D eigenvalue weighted by Crippen LogP contribution is -2.28. The van der Waals surface area contributed by atoms with E-state index in [1.165, 1.54) is 10.4 Å². The monoisotopic (exact) mass is 300 g/mol. The number of halogens is 2. The maximum Gasteiger partial charge on any atom is 0.0805 e. The predicted octanol–water partition coefficient (Wildman–Crippen LogP) is 4.17. The third kappa shape index (κ3) is 2.71. The molecule has 1 heterocycles. The molecule has 96 valence electrons. The van der Waals surface area contributed by atoms with Crippen LogP contribution in [0.15, 0.2) is 29.6 Å². The summed E-state index contributed by atoms with van der Waals surface area (Å²) in [6.07, 6.45) is 0.984. The number of rotatable bonds is 4. The number of aryl methyl sites for hydroxylation is 1. The second-order valence-electron chi connectivity index (χ2n) is 3.94. The van der Waals surface area contributed by atoms with Gasteiger partial charge in [0.15, 0.2) is 0 Å². The molecule has 0 amide bonds. The van der Waals surface area contributed by atoms with E-state index in [4.69, 9.17) is 29.0 Å². The Bertz CT molecular complexity index is 540. The van der Waals surface area contributed by atoms with E-state index in [-0.39, 0.29) is 6.04 Å². The van der Waals surface area contributed by atoms with Crippen molar-refractivity contribution in [2.24, 2.45) is 5.84 Å². The molecule has 18 heavy (non-hydrogen) atoms. The van der Waals surface area contributed by atoms with Gasteiger partial charge in [0.25, 0.3) is 0 Å². The first kappa shape index (κ1) is 13.8. The van der Waals surface area contributed by atoms with Crippen molar-refractivity contribution in [2.75, 3.05) is 0 Å². The van der Waals surface area contributed by atoms with Crippen molar-refractivity contribution in [1.29, 1.82) is 0 Å². The summed E-state index contributed by atoms with van der Waals surface area (Å²) in [6, 6.07) is 7.67. The number of hydrazine groups is 1. The van der Waals surface area contributed by atoms with Gasteiger partial charge in [0, 0.05) is 4.88 Å². The standard InChI is InChI=1S/C13H14Cl2N2S/c1-2-8-5-6-18-13(8)12(17-16)9-3-4-10(14)11(15)7-9/h3-7,12,17H,2,16H2,1H3. The smallest absolute Gasteiger partial charge is 0.0805 e. The van der Waals surface area contributed by atoms with Crippen LogP contribution in [0.2, 0.25) is 10.0 Å². The van der Waals surface area contributed by atoms with Crippen LogP contribution in [0.3, 0.4) is 0 Å². The molecule has 0 aliphatic heterocycles. The molecule has 5 heteroatoms. The van der Waals surface area contributed by atoms with Crippen molar-refractivity contribution < 1.29 is 0 Å². The van der Waals surface area contributed by atoms with Crippen LogP contribution >= 0.6 is 34.5 Å². The lowest BCUT2D eigenvalue weighted by atomic mass is 10.0. The summed E-state index contributed by atoms with van der Waals surface area (Å²) in [6.45, 7) is 2.13. The first-order valence-corrected chi connectivity index (χ1v) is 7.28. The fourth-order valence-corrected chi connectivity index (χ4v) is 3.30. The summed E-state index contributed by atoms with van der Waals surface area (Å²) >= 11 is 13.7. The Morgan fingerprint density at radius 3 is 2.67 bits per heavy atom. The highest BCUT2D eigenvalue weighted by molar-refractivity contribution is 7.10. The highest BCUT2D eigenvalue weighted by Crippen LogP contribution is 2.32. The van der Waals surface area contributed by atoms with Gasteiger partial charge in [-0.2, -0.15) is 0 Å². The molecule has 0 bridgehead atoms. The molecule has 1 unspecified atom stereocenters. The van der Waals surface area contributed by atoms with Crippen molar-refractivity contribution in [3.63, 3.8) is 0 Å². The summed E-state index contributed by atoms with van der Waals surface area (Å²) in [5.41, 5.74) is 5.17. The molecule has 0 fully saturated rings. The second kappa shape index (κ2) is 6.04. The average Bonchev–Trinajstić information content (AvgIpc) is 2.83. The summed E-state index contributed by atoms with van der Waals surface area (Å²) in [5, 5.41) is 3.18. The number of nitrogens with one attached hydrogen (secondary N) is 1. The minimum atomic E-state index is -0.0466. The van der Waals surface area contributed by atoms with Crippen LogP contribution in [0.1, 0.15) is 29.0 Å². The molecule has 1 aromatic carbocycles. The fraction of sp³-hybridized carbons (Fsp3) is 0.231. The van der Waals surface area contributed by atoms with Crippen LogP contribution in [0.25, 0.3) is 0 Å². The molecule has 2 nitrogen and oxygen atoms in total. The zero-order valence-electron chi connectivity index (χ0n) is 9.91. The second-order valence-corrected chi connectivity index (χ2v) is 5.70. The van der Waals surface area contributed by atoms with E-state index in [2.05, 4.69) is 23.8 Å². The first-order chi connectivity index (χ1) is 8.67.